The topological polar surface area (TPSA) is 96.0 Å². The Labute approximate surface area is 186 Å². The number of pyridine rings is 1. The maximum Gasteiger partial charge on any atom is 0.268 e. The molecule has 166 valence electrons. The number of ether oxygens (including phenoxy) is 3. The van der Waals surface area contributed by atoms with E-state index < -0.39 is 0 Å². The summed E-state index contributed by atoms with van der Waals surface area (Å²) < 4.78 is 18.2. The van der Waals surface area contributed by atoms with Crippen LogP contribution in [-0.4, -0.2) is 53.5 Å². The van der Waals surface area contributed by atoms with Crippen molar-refractivity contribution >= 4 is 18.3 Å². The zero-order valence-corrected chi connectivity index (χ0v) is 18.2. The van der Waals surface area contributed by atoms with Gasteiger partial charge in [-0.25, -0.2) is 0 Å². The van der Waals surface area contributed by atoms with Gasteiger partial charge >= 0.3 is 0 Å². The molecule has 5 rings (SSSR count). The lowest BCUT2D eigenvalue weighted by atomic mass is 9.87. The van der Waals surface area contributed by atoms with E-state index in [0.717, 1.165) is 19.3 Å². The molecule has 1 unspecified atom stereocenters. The van der Waals surface area contributed by atoms with E-state index in [0.29, 0.717) is 42.4 Å². The third-order valence-electron chi connectivity index (χ3n) is 6.35. The molecule has 2 aromatic rings. The number of carbonyl (C=O) groups is 1. The monoisotopic (exact) mass is 447 g/mol. The number of aryl methyl sites for hydroxylation is 1. The number of piperidine rings is 1. The number of amides is 1. The number of aromatic nitrogens is 1. The highest BCUT2D eigenvalue weighted by atomic mass is 35.5. The number of benzene rings is 1. The first-order valence-electron chi connectivity index (χ1n) is 10.3. The fourth-order valence-corrected chi connectivity index (χ4v) is 4.63. The van der Waals surface area contributed by atoms with Gasteiger partial charge in [-0.1, -0.05) is 0 Å². The van der Waals surface area contributed by atoms with Crippen molar-refractivity contribution in [2.24, 2.45) is 5.73 Å². The number of nitrogens with two attached hydrogens (primary N) is 1. The lowest BCUT2D eigenvalue weighted by molar-refractivity contribution is -0.0389. The van der Waals surface area contributed by atoms with Crippen LogP contribution in [0.15, 0.2) is 35.3 Å². The molecule has 2 N–H and O–H groups in total. The van der Waals surface area contributed by atoms with Gasteiger partial charge in [0.05, 0.1) is 17.9 Å². The molecule has 9 heteroatoms. The molecule has 2 fully saturated rings. The molecule has 3 aliphatic rings. The van der Waals surface area contributed by atoms with Crippen molar-refractivity contribution in [1.29, 1.82) is 0 Å². The van der Waals surface area contributed by atoms with E-state index in [1.807, 2.05) is 0 Å². The molecule has 1 amide bonds. The summed E-state index contributed by atoms with van der Waals surface area (Å²) in [6.45, 7) is 3.65. The first-order chi connectivity index (χ1) is 14.5. The normalized spacial score (nSPS) is 21.2. The Balaban J connectivity index is 0.00000231. The van der Waals surface area contributed by atoms with Crippen molar-refractivity contribution in [1.82, 2.24) is 9.47 Å². The zero-order valence-electron chi connectivity index (χ0n) is 17.3. The summed E-state index contributed by atoms with van der Waals surface area (Å²) in [6, 6.07) is 7.16. The second-order valence-corrected chi connectivity index (χ2v) is 8.34. The minimum atomic E-state index is -0.335. The number of nitrogens with zero attached hydrogens (tertiary/aromatic N) is 2. The summed E-state index contributed by atoms with van der Waals surface area (Å²) in [7, 11) is 0. The van der Waals surface area contributed by atoms with Crippen molar-refractivity contribution in [2.75, 3.05) is 26.5 Å². The van der Waals surface area contributed by atoms with Crippen LogP contribution >= 0.6 is 12.4 Å². The fraction of sp³-hybridized carbons (Fsp3) is 0.455. The van der Waals surface area contributed by atoms with E-state index in [4.69, 9.17) is 19.9 Å². The number of rotatable bonds is 2. The van der Waals surface area contributed by atoms with Gasteiger partial charge in [0.25, 0.3) is 11.5 Å². The number of hydrogen-bond donors (Lipinski definition) is 1. The Bertz CT molecular complexity index is 1060. The van der Waals surface area contributed by atoms with E-state index in [-0.39, 0.29) is 47.9 Å². The van der Waals surface area contributed by atoms with Crippen LogP contribution in [0.2, 0.25) is 0 Å². The van der Waals surface area contributed by atoms with Gasteiger partial charge in [-0.3, -0.25) is 14.2 Å². The highest BCUT2D eigenvalue weighted by Gasteiger charge is 2.42. The van der Waals surface area contributed by atoms with Crippen LogP contribution in [0.25, 0.3) is 5.69 Å². The van der Waals surface area contributed by atoms with E-state index in [1.54, 1.807) is 42.3 Å². The van der Waals surface area contributed by atoms with Crippen LogP contribution in [0.5, 0.6) is 11.5 Å². The summed E-state index contributed by atoms with van der Waals surface area (Å²) in [5.74, 6) is 1.000. The molecular formula is C22H26ClN3O5. The van der Waals surface area contributed by atoms with Crippen molar-refractivity contribution in [3.63, 3.8) is 0 Å². The van der Waals surface area contributed by atoms with Gasteiger partial charge in [0, 0.05) is 31.4 Å². The highest BCUT2D eigenvalue weighted by molar-refractivity contribution is 5.95. The second kappa shape index (κ2) is 8.18. The first kappa shape index (κ1) is 21.7. The molecular weight excluding hydrogens is 422 g/mol. The van der Waals surface area contributed by atoms with E-state index in [9.17, 15) is 9.59 Å². The molecule has 0 bridgehead atoms. The van der Waals surface area contributed by atoms with Crippen LogP contribution < -0.4 is 20.8 Å². The van der Waals surface area contributed by atoms with Crippen molar-refractivity contribution in [3.8, 4) is 17.2 Å². The molecule has 3 aliphatic heterocycles. The number of carbonyl (C=O) groups excluding carboxylic acids is 1. The number of likely N-dealkylation sites (tertiary alicyclic amines) is 1. The van der Waals surface area contributed by atoms with Crippen LogP contribution in [0, 0.1) is 6.92 Å². The summed E-state index contributed by atoms with van der Waals surface area (Å²) in [6.07, 6.45) is 4.00. The Morgan fingerprint density at radius 2 is 1.90 bits per heavy atom. The molecule has 1 aromatic carbocycles. The molecule has 0 radical (unpaired) electrons. The number of hydrogen-bond acceptors (Lipinski definition) is 6. The highest BCUT2D eigenvalue weighted by Crippen LogP contribution is 2.36. The van der Waals surface area contributed by atoms with Gasteiger partial charge in [-0.15, -0.1) is 12.4 Å². The summed E-state index contributed by atoms with van der Waals surface area (Å²) in [4.78, 5) is 28.3. The van der Waals surface area contributed by atoms with E-state index in [1.165, 1.54) is 4.57 Å². The molecule has 1 spiro atoms. The van der Waals surface area contributed by atoms with Gasteiger partial charge in [-0.05, 0) is 49.9 Å². The van der Waals surface area contributed by atoms with Crippen molar-refractivity contribution < 1.29 is 19.0 Å². The Morgan fingerprint density at radius 1 is 1.16 bits per heavy atom. The van der Waals surface area contributed by atoms with Crippen LogP contribution in [0.4, 0.5) is 0 Å². The predicted molar refractivity (Wildman–Crippen MR) is 117 cm³/mol. The molecule has 2 saturated heterocycles. The van der Waals surface area contributed by atoms with E-state index >= 15 is 0 Å². The van der Waals surface area contributed by atoms with Crippen LogP contribution in [0.1, 0.15) is 35.2 Å². The smallest absolute Gasteiger partial charge is 0.268 e. The molecule has 8 nitrogen and oxygen atoms in total. The van der Waals surface area contributed by atoms with E-state index in [2.05, 4.69) is 0 Å². The third kappa shape index (κ3) is 3.79. The largest absolute Gasteiger partial charge is 0.454 e. The number of halogens is 1. The fourth-order valence-electron chi connectivity index (χ4n) is 4.63. The van der Waals surface area contributed by atoms with Gasteiger partial charge in [0.1, 0.15) is 5.56 Å². The van der Waals surface area contributed by atoms with Gasteiger partial charge in [0.2, 0.25) is 6.79 Å². The maximum atomic E-state index is 13.3. The molecule has 1 aromatic heterocycles. The van der Waals surface area contributed by atoms with Crippen LogP contribution in [0.3, 0.4) is 0 Å². The quantitative estimate of drug-likeness (QED) is 0.756. The minimum absolute atomic E-state index is 0. The Morgan fingerprint density at radius 3 is 2.61 bits per heavy atom. The summed E-state index contributed by atoms with van der Waals surface area (Å²) in [5, 5.41) is 0. The lowest BCUT2D eigenvalue weighted by Gasteiger charge is -2.38. The van der Waals surface area contributed by atoms with Gasteiger partial charge in [0.15, 0.2) is 11.5 Å². The Kier molecular flexibility index (Phi) is 5.72. The second-order valence-electron chi connectivity index (χ2n) is 8.34. The van der Waals surface area contributed by atoms with Crippen LogP contribution in [-0.2, 0) is 4.74 Å². The Hall–Kier alpha value is -2.55. The average Bonchev–Trinajstić information content (AvgIpc) is 3.34. The number of fused-ring (bicyclic) bond motifs is 1. The maximum absolute atomic E-state index is 13.3. The average molecular weight is 448 g/mol. The third-order valence-corrected chi connectivity index (χ3v) is 6.35. The van der Waals surface area contributed by atoms with Crippen molar-refractivity contribution in [3.05, 3.63) is 51.9 Å². The molecule has 31 heavy (non-hydrogen) atoms. The standard InChI is InChI=1S/C22H25N3O5.ClH/c1-14-4-7-25(16-2-3-17-18(10-16)29-13-28-17)21(27)19(14)20(26)24-8-5-22(6-9-24)11-15(23)12-30-22;/h2-4,7,10,15H,5-6,8-9,11-13,23H2,1H3;1H. The van der Waals surface area contributed by atoms with Gasteiger partial charge in [-0.2, -0.15) is 0 Å². The molecule has 0 aliphatic carbocycles. The van der Waals surface area contributed by atoms with Gasteiger partial charge < -0.3 is 24.8 Å². The summed E-state index contributed by atoms with van der Waals surface area (Å²) >= 11 is 0. The summed E-state index contributed by atoms with van der Waals surface area (Å²) in [5.41, 5.74) is 6.96. The lowest BCUT2D eigenvalue weighted by Crippen LogP contribution is -2.48. The SMILES string of the molecule is Cc1ccn(-c2ccc3c(c2)OCO3)c(=O)c1C(=O)N1CCC2(CC1)CC(N)CO2.Cl. The molecule has 0 saturated carbocycles. The molecule has 1 atom stereocenters. The minimum Gasteiger partial charge on any atom is -0.454 e. The zero-order chi connectivity index (χ0) is 20.9. The predicted octanol–water partition coefficient (Wildman–Crippen LogP) is 2.02. The first-order valence-corrected chi connectivity index (χ1v) is 10.3. The van der Waals surface area contributed by atoms with Crippen molar-refractivity contribution in [2.45, 2.75) is 37.8 Å². The molecule has 4 heterocycles.